The fourth-order valence-corrected chi connectivity index (χ4v) is 5.65. The molecule has 186 valence electrons. The number of nitrogens with zero attached hydrogens (tertiary/aromatic N) is 2. The number of benzene rings is 3. The number of halogens is 5. The number of alkyl halides is 3. The van der Waals surface area contributed by atoms with Crippen LogP contribution in [0, 0.1) is 11.6 Å². The first-order valence-corrected chi connectivity index (χ1v) is 12.1. The number of ether oxygens (including phenoxy) is 1. The standard InChI is InChI=1S/C24H21F5N2O3S/c25-19-9-5-17(6-10-19)23(18-7-11-20(26)12-8-18)30-13-15-31(16-14-30)35(32,33)22-4-2-1-3-21(22)34-24(27,28)29/h1-12,23H,13-16H2. The molecule has 0 bridgehead atoms. The van der Waals surface area contributed by atoms with E-state index in [0.29, 0.717) is 0 Å². The molecule has 1 aliphatic heterocycles. The molecule has 1 saturated heterocycles. The molecule has 1 fully saturated rings. The van der Waals surface area contributed by atoms with Crippen LogP contribution in [0.4, 0.5) is 22.0 Å². The smallest absolute Gasteiger partial charge is 0.404 e. The highest BCUT2D eigenvalue weighted by molar-refractivity contribution is 7.89. The molecule has 0 saturated carbocycles. The number of hydrogen-bond donors (Lipinski definition) is 0. The molecule has 4 rings (SSSR count). The van der Waals surface area contributed by atoms with E-state index in [1.807, 2.05) is 4.90 Å². The summed E-state index contributed by atoms with van der Waals surface area (Å²) in [5.74, 6) is -1.62. The summed E-state index contributed by atoms with van der Waals surface area (Å²) in [6.07, 6.45) is -5.04. The van der Waals surface area contributed by atoms with Crippen LogP contribution in [-0.4, -0.2) is 50.2 Å². The van der Waals surface area contributed by atoms with E-state index in [0.717, 1.165) is 27.6 Å². The van der Waals surface area contributed by atoms with Gasteiger partial charge in [-0.05, 0) is 47.5 Å². The predicted molar refractivity (Wildman–Crippen MR) is 118 cm³/mol. The second-order valence-electron chi connectivity index (χ2n) is 7.94. The Morgan fingerprint density at radius 1 is 0.743 bits per heavy atom. The van der Waals surface area contributed by atoms with Crippen LogP contribution in [-0.2, 0) is 10.0 Å². The summed E-state index contributed by atoms with van der Waals surface area (Å²) >= 11 is 0. The van der Waals surface area contributed by atoms with E-state index in [2.05, 4.69) is 4.74 Å². The number of rotatable bonds is 6. The van der Waals surface area contributed by atoms with Gasteiger partial charge >= 0.3 is 6.36 Å². The lowest BCUT2D eigenvalue weighted by Gasteiger charge is -2.39. The molecule has 0 N–H and O–H groups in total. The molecule has 35 heavy (non-hydrogen) atoms. The van der Waals surface area contributed by atoms with Crippen molar-refractivity contribution in [2.24, 2.45) is 0 Å². The Labute approximate surface area is 199 Å². The van der Waals surface area contributed by atoms with Crippen LogP contribution in [0.15, 0.2) is 77.7 Å². The molecule has 0 amide bonds. The Hall–Kier alpha value is -3.02. The minimum absolute atomic E-state index is 0.00156. The summed E-state index contributed by atoms with van der Waals surface area (Å²) in [5.41, 5.74) is 1.47. The molecule has 0 unspecified atom stereocenters. The number of sulfonamides is 1. The molecule has 0 radical (unpaired) electrons. The lowest BCUT2D eigenvalue weighted by atomic mass is 9.96. The van der Waals surface area contributed by atoms with Crippen molar-refractivity contribution in [2.75, 3.05) is 26.2 Å². The van der Waals surface area contributed by atoms with Crippen molar-refractivity contribution in [3.05, 3.63) is 95.6 Å². The van der Waals surface area contributed by atoms with E-state index in [4.69, 9.17) is 0 Å². The highest BCUT2D eigenvalue weighted by Gasteiger charge is 2.37. The third kappa shape index (κ3) is 5.80. The van der Waals surface area contributed by atoms with Crippen LogP contribution in [0.3, 0.4) is 0 Å². The summed E-state index contributed by atoms with van der Waals surface area (Å²) < 4.78 is 96.7. The van der Waals surface area contributed by atoms with Gasteiger partial charge in [-0.3, -0.25) is 4.90 Å². The van der Waals surface area contributed by atoms with Gasteiger partial charge in [0.25, 0.3) is 0 Å². The lowest BCUT2D eigenvalue weighted by molar-refractivity contribution is -0.275. The molecule has 1 aliphatic rings. The topological polar surface area (TPSA) is 49.9 Å². The van der Waals surface area contributed by atoms with Crippen molar-refractivity contribution in [1.82, 2.24) is 9.21 Å². The van der Waals surface area contributed by atoms with Crippen LogP contribution >= 0.6 is 0 Å². The zero-order valence-electron chi connectivity index (χ0n) is 18.3. The van der Waals surface area contributed by atoms with Crippen molar-refractivity contribution in [2.45, 2.75) is 17.3 Å². The van der Waals surface area contributed by atoms with Crippen LogP contribution in [0.5, 0.6) is 5.75 Å². The molecule has 11 heteroatoms. The summed E-state index contributed by atoms with van der Waals surface area (Å²) in [7, 11) is -4.27. The summed E-state index contributed by atoms with van der Waals surface area (Å²) in [4.78, 5) is 1.39. The van der Waals surface area contributed by atoms with E-state index >= 15 is 0 Å². The number of para-hydroxylation sites is 1. The highest BCUT2D eigenvalue weighted by Crippen LogP contribution is 2.34. The van der Waals surface area contributed by atoms with E-state index in [9.17, 15) is 30.4 Å². The van der Waals surface area contributed by atoms with Gasteiger partial charge in [0.1, 0.15) is 22.3 Å². The largest absolute Gasteiger partial charge is 0.573 e. The van der Waals surface area contributed by atoms with E-state index in [1.165, 1.54) is 36.4 Å². The quantitative estimate of drug-likeness (QED) is 0.439. The average molecular weight is 513 g/mol. The van der Waals surface area contributed by atoms with Gasteiger partial charge in [-0.2, -0.15) is 4.31 Å². The Kier molecular flexibility index (Phi) is 7.11. The Morgan fingerprint density at radius 3 is 1.71 bits per heavy atom. The molecule has 3 aromatic carbocycles. The molecule has 0 aliphatic carbocycles. The molecule has 1 heterocycles. The zero-order valence-corrected chi connectivity index (χ0v) is 19.1. The van der Waals surface area contributed by atoms with Crippen LogP contribution in [0.25, 0.3) is 0 Å². The van der Waals surface area contributed by atoms with Gasteiger partial charge in [0.05, 0.1) is 6.04 Å². The Balaban J connectivity index is 1.57. The third-order valence-corrected chi connectivity index (χ3v) is 7.64. The zero-order chi connectivity index (χ0) is 25.2. The van der Waals surface area contributed by atoms with Gasteiger partial charge in [-0.1, -0.05) is 36.4 Å². The van der Waals surface area contributed by atoms with Crippen LogP contribution < -0.4 is 4.74 Å². The Bertz CT molecular complexity index is 1210. The molecule has 3 aromatic rings. The average Bonchev–Trinajstić information content (AvgIpc) is 2.81. The van der Waals surface area contributed by atoms with Crippen LogP contribution in [0.1, 0.15) is 17.2 Å². The first-order chi connectivity index (χ1) is 16.5. The van der Waals surface area contributed by atoms with Crippen molar-refractivity contribution < 1.29 is 35.1 Å². The van der Waals surface area contributed by atoms with E-state index in [1.54, 1.807) is 24.3 Å². The lowest BCUT2D eigenvalue weighted by Crippen LogP contribution is -2.49. The van der Waals surface area contributed by atoms with E-state index < -0.39 is 44.7 Å². The highest BCUT2D eigenvalue weighted by atomic mass is 32.2. The van der Waals surface area contributed by atoms with Gasteiger partial charge in [0.2, 0.25) is 10.0 Å². The molecule has 5 nitrogen and oxygen atoms in total. The van der Waals surface area contributed by atoms with Crippen molar-refractivity contribution >= 4 is 10.0 Å². The van der Waals surface area contributed by atoms with Crippen LogP contribution in [0.2, 0.25) is 0 Å². The predicted octanol–water partition coefficient (Wildman–Crippen LogP) is 4.96. The van der Waals surface area contributed by atoms with Gasteiger partial charge in [-0.25, -0.2) is 17.2 Å². The number of piperazine rings is 1. The van der Waals surface area contributed by atoms with Gasteiger partial charge in [0, 0.05) is 26.2 Å². The molecular weight excluding hydrogens is 491 g/mol. The third-order valence-electron chi connectivity index (χ3n) is 5.70. The summed E-state index contributed by atoms with van der Waals surface area (Å²) in [6.45, 7) is 0.477. The van der Waals surface area contributed by atoms with Crippen molar-refractivity contribution in [1.29, 1.82) is 0 Å². The normalized spacial score (nSPS) is 15.9. The van der Waals surface area contributed by atoms with Gasteiger partial charge < -0.3 is 4.74 Å². The summed E-state index contributed by atoms with van der Waals surface area (Å²) in [5, 5.41) is 0. The maximum Gasteiger partial charge on any atom is 0.573 e. The fourth-order valence-electron chi connectivity index (χ4n) is 4.12. The van der Waals surface area contributed by atoms with Gasteiger partial charge in [0.15, 0.2) is 0 Å². The monoisotopic (exact) mass is 512 g/mol. The molecule has 0 aromatic heterocycles. The summed E-state index contributed by atoms with van der Waals surface area (Å²) in [6, 6.07) is 15.9. The second kappa shape index (κ2) is 9.92. The molecule has 0 atom stereocenters. The van der Waals surface area contributed by atoms with Gasteiger partial charge in [-0.15, -0.1) is 13.2 Å². The van der Waals surface area contributed by atoms with Crippen molar-refractivity contribution in [3.8, 4) is 5.75 Å². The fraction of sp³-hybridized carbons (Fsp3) is 0.250. The maximum absolute atomic E-state index is 13.5. The number of hydrogen-bond acceptors (Lipinski definition) is 4. The van der Waals surface area contributed by atoms with E-state index in [-0.39, 0.29) is 26.2 Å². The first kappa shape index (κ1) is 25.1. The minimum atomic E-state index is -5.04. The second-order valence-corrected chi connectivity index (χ2v) is 9.85. The molecule has 0 spiro atoms. The first-order valence-electron chi connectivity index (χ1n) is 10.6. The SMILES string of the molecule is O=S(=O)(c1ccccc1OC(F)(F)F)N1CCN(C(c2ccc(F)cc2)c2ccc(F)cc2)CC1. The Morgan fingerprint density at radius 2 is 1.23 bits per heavy atom. The minimum Gasteiger partial charge on any atom is -0.404 e. The maximum atomic E-state index is 13.5. The molecular formula is C24H21F5N2O3S. The van der Waals surface area contributed by atoms with Crippen molar-refractivity contribution in [3.63, 3.8) is 0 Å².